The Balaban J connectivity index is 2.11. The van der Waals surface area contributed by atoms with Crippen LogP contribution in [0.3, 0.4) is 0 Å². The molecule has 2 aromatic carbocycles. The third-order valence-electron chi connectivity index (χ3n) is 3.07. The van der Waals surface area contributed by atoms with Gasteiger partial charge in [0.15, 0.2) is 11.7 Å². The molecule has 0 spiro atoms. The Bertz CT molecular complexity index is 797. The summed E-state index contributed by atoms with van der Waals surface area (Å²) in [6.07, 6.45) is -4.85. The molecule has 1 amide bonds. The summed E-state index contributed by atoms with van der Waals surface area (Å²) in [5.74, 6) is -3.79. The Labute approximate surface area is 140 Å². The highest BCUT2D eigenvalue weighted by molar-refractivity contribution is 6.15. The summed E-state index contributed by atoms with van der Waals surface area (Å²) in [6.45, 7) is 0. The number of hydrogen-bond acceptors (Lipinski definition) is 4. The van der Waals surface area contributed by atoms with E-state index in [0.717, 1.165) is 24.3 Å². The number of ether oxygens (including phenoxy) is 1. The normalized spacial score (nSPS) is 11.9. The van der Waals surface area contributed by atoms with Gasteiger partial charge in [0.2, 0.25) is 5.91 Å². The fraction of sp³-hybridized carbons (Fsp3) is 0.118. The van der Waals surface area contributed by atoms with Crippen molar-refractivity contribution in [3.05, 3.63) is 60.2 Å². The van der Waals surface area contributed by atoms with Crippen LogP contribution in [0.1, 0.15) is 10.4 Å². The number of alkyl halides is 3. The first-order valence-corrected chi connectivity index (χ1v) is 6.96. The van der Waals surface area contributed by atoms with E-state index in [1.165, 1.54) is 0 Å². The van der Waals surface area contributed by atoms with E-state index in [1.54, 1.807) is 36.4 Å². The molecular weight excluding hydrogens is 337 g/mol. The lowest BCUT2D eigenvalue weighted by molar-refractivity contribution is -0.274. The highest BCUT2D eigenvalue weighted by Gasteiger charge is 2.31. The second-order valence-electron chi connectivity index (χ2n) is 4.85. The number of hydrogen-bond donors (Lipinski definition) is 1. The van der Waals surface area contributed by atoms with Crippen molar-refractivity contribution in [2.45, 2.75) is 6.36 Å². The molecule has 128 valence electrons. The molecule has 0 bridgehead atoms. The molecule has 0 aliphatic rings. The molecule has 0 saturated heterocycles. The van der Waals surface area contributed by atoms with Crippen molar-refractivity contribution in [1.29, 1.82) is 5.26 Å². The standard InChI is InChI=1S/C17H11F3N2O3/c18-17(19,20)25-13-8-6-11(7-9-13)15(23)14(10-21)16(24)22-12-4-2-1-3-5-12/h1-9,14H,(H,22,24)/t14-/m1/s1. The van der Waals surface area contributed by atoms with Crippen LogP contribution >= 0.6 is 0 Å². The molecule has 25 heavy (non-hydrogen) atoms. The van der Waals surface area contributed by atoms with E-state index in [4.69, 9.17) is 5.26 Å². The van der Waals surface area contributed by atoms with Crippen LogP contribution in [0, 0.1) is 17.2 Å². The Morgan fingerprint density at radius 3 is 2.16 bits per heavy atom. The first-order chi connectivity index (χ1) is 11.8. The molecule has 5 nitrogen and oxygen atoms in total. The highest BCUT2D eigenvalue weighted by atomic mass is 19.4. The largest absolute Gasteiger partial charge is 0.573 e. The number of rotatable bonds is 5. The number of nitrogens with zero attached hydrogens (tertiary/aromatic N) is 1. The average molecular weight is 348 g/mol. The first kappa shape index (κ1) is 18.0. The number of carbonyl (C=O) groups excluding carboxylic acids is 2. The molecule has 0 radical (unpaired) electrons. The molecule has 2 aromatic rings. The maximum Gasteiger partial charge on any atom is 0.573 e. The Morgan fingerprint density at radius 2 is 1.64 bits per heavy atom. The van der Waals surface area contributed by atoms with E-state index in [1.807, 2.05) is 0 Å². The zero-order valence-corrected chi connectivity index (χ0v) is 12.6. The number of Topliss-reactive ketones (excluding diaryl/α,β-unsaturated/α-hetero) is 1. The first-order valence-electron chi connectivity index (χ1n) is 6.96. The van der Waals surface area contributed by atoms with Gasteiger partial charge in [-0.25, -0.2) is 0 Å². The lowest BCUT2D eigenvalue weighted by Crippen LogP contribution is -2.28. The quantitative estimate of drug-likeness (QED) is 0.662. The molecule has 0 unspecified atom stereocenters. The molecule has 0 fully saturated rings. The number of nitriles is 1. The molecule has 2 rings (SSSR count). The number of ketones is 1. The van der Waals surface area contributed by atoms with Crippen LogP contribution in [0.25, 0.3) is 0 Å². The number of carbonyl (C=O) groups is 2. The summed E-state index contributed by atoms with van der Waals surface area (Å²) in [5, 5.41) is 11.5. The topological polar surface area (TPSA) is 79.2 Å². The zero-order valence-electron chi connectivity index (χ0n) is 12.6. The van der Waals surface area contributed by atoms with Crippen molar-refractivity contribution in [2.24, 2.45) is 5.92 Å². The Morgan fingerprint density at radius 1 is 1.04 bits per heavy atom. The third kappa shape index (κ3) is 5.07. The van der Waals surface area contributed by atoms with Crippen LogP contribution in [-0.2, 0) is 4.79 Å². The van der Waals surface area contributed by atoms with Crippen LogP contribution < -0.4 is 10.1 Å². The van der Waals surface area contributed by atoms with Crippen LogP contribution in [0.2, 0.25) is 0 Å². The summed E-state index contributed by atoms with van der Waals surface area (Å²) in [7, 11) is 0. The van der Waals surface area contributed by atoms with E-state index >= 15 is 0 Å². The summed E-state index contributed by atoms with van der Waals surface area (Å²) in [6, 6.07) is 13.8. The van der Waals surface area contributed by atoms with Crippen molar-refractivity contribution in [1.82, 2.24) is 0 Å². The van der Waals surface area contributed by atoms with Crippen LogP contribution in [0.5, 0.6) is 5.75 Å². The van der Waals surface area contributed by atoms with Crippen LogP contribution in [-0.4, -0.2) is 18.1 Å². The van der Waals surface area contributed by atoms with Crippen LogP contribution in [0.4, 0.5) is 18.9 Å². The molecule has 0 saturated carbocycles. The number of halogens is 3. The summed E-state index contributed by atoms with van der Waals surface area (Å²) in [5.41, 5.74) is 0.332. The molecule has 0 aliphatic carbocycles. The van der Waals surface area contributed by atoms with Gasteiger partial charge in [0.1, 0.15) is 5.75 Å². The minimum Gasteiger partial charge on any atom is -0.406 e. The molecule has 0 heterocycles. The van der Waals surface area contributed by atoms with Crippen molar-refractivity contribution in [3.8, 4) is 11.8 Å². The van der Waals surface area contributed by atoms with Gasteiger partial charge in [0.25, 0.3) is 0 Å². The number of anilines is 1. The van der Waals surface area contributed by atoms with Gasteiger partial charge in [-0.3, -0.25) is 9.59 Å². The number of nitrogens with one attached hydrogen (secondary N) is 1. The van der Waals surface area contributed by atoms with E-state index < -0.39 is 29.7 Å². The van der Waals surface area contributed by atoms with Crippen LogP contribution in [0.15, 0.2) is 54.6 Å². The van der Waals surface area contributed by atoms with Crippen molar-refractivity contribution in [2.75, 3.05) is 5.32 Å². The van der Waals surface area contributed by atoms with E-state index in [0.29, 0.717) is 5.69 Å². The van der Waals surface area contributed by atoms with Crippen molar-refractivity contribution in [3.63, 3.8) is 0 Å². The third-order valence-corrected chi connectivity index (χ3v) is 3.07. The van der Waals surface area contributed by atoms with Gasteiger partial charge >= 0.3 is 6.36 Å². The van der Waals surface area contributed by atoms with Gasteiger partial charge in [-0.05, 0) is 36.4 Å². The fourth-order valence-corrected chi connectivity index (χ4v) is 1.96. The maximum absolute atomic E-state index is 12.3. The number of para-hydroxylation sites is 1. The molecule has 1 N–H and O–H groups in total. The SMILES string of the molecule is N#C[C@@H](C(=O)Nc1ccccc1)C(=O)c1ccc(OC(F)(F)F)cc1. The van der Waals surface area contributed by atoms with Gasteiger partial charge in [0.05, 0.1) is 6.07 Å². The summed E-state index contributed by atoms with van der Waals surface area (Å²) in [4.78, 5) is 24.3. The lowest BCUT2D eigenvalue weighted by atomic mass is 9.98. The predicted molar refractivity (Wildman–Crippen MR) is 81.6 cm³/mol. The van der Waals surface area contributed by atoms with Crippen molar-refractivity contribution >= 4 is 17.4 Å². The van der Waals surface area contributed by atoms with Gasteiger partial charge in [0, 0.05) is 11.3 Å². The summed E-state index contributed by atoms with van der Waals surface area (Å²) >= 11 is 0. The lowest BCUT2D eigenvalue weighted by Gasteiger charge is -2.11. The minimum atomic E-state index is -4.85. The second kappa shape index (κ2) is 7.49. The van der Waals surface area contributed by atoms with E-state index in [-0.39, 0.29) is 5.56 Å². The fourth-order valence-electron chi connectivity index (χ4n) is 1.96. The molecule has 0 aliphatic heterocycles. The van der Waals surface area contributed by atoms with Crippen molar-refractivity contribution < 1.29 is 27.5 Å². The van der Waals surface area contributed by atoms with Gasteiger partial charge in [-0.1, -0.05) is 18.2 Å². The second-order valence-corrected chi connectivity index (χ2v) is 4.85. The number of benzene rings is 2. The average Bonchev–Trinajstić information content (AvgIpc) is 2.55. The predicted octanol–water partition coefficient (Wildman–Crippen LogP) is 3.55. The maximum atomic E-state index is 12.3. The molecule has 1 atom stereocenters. The highest BCUT2D eigenvalue weighted by Crippen LogP contribution is 2.23. The van der Waals surface area contributed by atoms with E-state index in [9.17, 15) is 22.8 Å². The zero-order chi connectivity index (χ0) is 18.4. The minimum absolute atomic E-state index is 0.0794. The molecule has 0 aromatic heterocycles. The molecular formula is C17H11F3N2O3. The smallest absolute Gasteiger partial charge is 0.406 e. The Hall–Kier alpha value is -3.34. The Kier molecular flexibility index (Phi) is 5.39. The van der Waals surface area contributed by atoms with Gasteiger partial charge in [-0.2, -0.15) is 5.26 Å². The monoisotopic (exact) mass is 348 g/mol. The van der Waals surface area contributed by atoms with Gasteiger partial charge < -0.3 is 10.1 Å². The van der Waals surface area contributed by atoms with E-state index in [2.05, 4.69) is 10.1 Å². The number of amides is 1. The molecule has 8 heteroatoms. The summed E-state index contributed by atoms with van der Waals surface area (Å²) < 4.78 is 40.0. The van der Waals surface area contributed by atoms with Gasteiger partial charge in [-0.15, -0.1) is 13.2 Å².